The summed E-state index contributed by atoms with van der Waals surface area (Å²) in [5.41, 5.74) is 2.62. The number of hydrogen-bond donors (Lipinski definition) is 1. The maximum absolute atomic E-state index is 13.6. The number of aromatic amines is 1. The smallest absolute Gasteiger partial charge is 0.277 e. The van der Waals surface area contributed by atoms with Gasteiger partial charge in [0.25, 0.3) is 17.4 Å². The zero-order chi connectivity index (χ0) is 26.4. The van der Waals surface area contributed by atoms with Gasteiger partial charge in [0.1, 0.15) is 11.6 Å². The van der Waals surface area contributed by atoms with Crippen LogP contribution in [0.1, 0.15) is 56.4 Å². The predicted octanol–water partition coefficient (Wildman–Crippen LogP) is 3.52. The molecule has 1 N–H and O–H groups in total. The van der Waals surface area contributed by atoms with Crippen LogP contribution in [0.5, 0.6) is 0 Å². The zero-order valence-corrected chi connectivity index (χ0v) is 20.5. The monoisotopic (exact) mass is 517 g/mol. The van der Waals surface area contributed by atoms with Gasteiger partial charge >= 0.3 is 0 Å². The summed E-state index contributed by atoms with van der Waals surface area (Å²) < 4.78 is 28.6. The molecule has 8 nitrogen and oxygen atoms in total. The Morgan fingerprint density at radius 1 is 0.921 bits per heavy atom. The van der Waals surface area contributed by atoms with Crippen LogP contribution < -0.4 is 5.56 Å². The second kappa shape index (κ2) is 9.51. The van der Waals surface area contributed by atoms with E-state index in [0.29, 0.717) is 48.5 Å². The average molecular weight is 518 g/mol. The van der Waals surface area contributed by atoms with Crippen molar-refractivity contribution in [3.63, 3.8) is 0 Å². The Morgan fingerprint density at radius 2 is 1.61 bits per heavy atom. The van der Waals surface area contributed by atoms with Crippen molar-refractivity contribution in [2.75, 3.05) is 19.6 Å². The number of piperidine rings is 1. The number of aromatic nitrogens is 3. The lowest BCUT2D eigenvalue weighted by Crippen LogP contribution is -2.40. The van der Waals surface area contributed by atoms with E-state index >= 15 is 0 Å². The van der Waals surface area contributed by atoms with Crippen LogP contribution in [0.4, 0.5) is 8.78 Å². The van der Waals surface area contributed by atoms with Gasteiger partial charge in [0, 0.05) is 54.9 Å². The van der Waals surface area contributed by atoms with Gasteiger partial charge in [-0.25, -0.2) is 18.3 Å². The Labute approximate surface area is 216 Å². The molecule has 0 aliphatic carbocycles. The van der Waals surface area contributed by atoms with Crippen LogP contribution in [0.25, 0.3) is 5.65 Å². The largest absolute Gasteiger partial charge is 0.338 e. The number of fused-ring (bicyclic) bond motifs is 2. The summed E-state index contributed by atoms with van der Waals surface area (Å²) in [6.45, 7) is 1.48. The fourth-order valence-electron chi connectivity index (χ4n) is 5.41. The predicted molar refractivity (Wildman–Crippen MR) is 135 cm³/mol. The molecule has 194 valence electrons. The molecule has 1 saturated heterocycles. The number of halogens is 2. The number of likely N-dealkylation sites (tertiary alicyclic amines) is 1. The third kappa shape index (κ3) is 4.36. The highest BCUT2D eigenvalue weighted by Gasteiger charge is 2.29. The molecule has 0 spiro atoms. The SMILES string of the molecule is O=C(c1cccc(F)c1)N1CCc2nc3cc(C4CCCN(C(=O)c5cccc(F)c5)C4)[nH]n3c(=O)c2C1. The van der Waals surface area contributed by atoms with E-state index in [1.807, 2.05) is 6.07 Å². The Balaban J connectivity index is 1.25. The summed E-state index contributed by atoms with van der Waals surface area (Å²) in [6.07, 6.45) is 2.02. The van der Waals surface area contributed by atoms with E-state index < -0.39 is 11.6 Å². The molecule has 0 radical (unpaired) electrons. The Kier molecular flexibility index (Phi) is 6.01. The summed E-state index contributed by atoms with van der Waals surface area (Å²) in [5.74, 6) is -1.54. The van der Waals surface area contributed by atoms with Gasteiger partial charge in [-0.3, -0.25) is 19.5 Å². The normalized spacial score (nSPS) is 17.5. The topological polar surface area (TPSA) is 90.8 Å². The summed E-state index contributed by atoms with van der Waals surface area (Å²) in [5, 5.41) is 3.17. The van der Waals surface area contributed by atoms with Gasteiger partial charge in [0.2, 0.25) is 0 Å². The summed E-state index contributed by atoms with van der Waals surface area (Å²) >= 11 is 0. The number of H-pyrrole nitrogens is 1. The maximum Gasteiger partial charge on any atom is 0.277 e. The van der Waals surface area contributed by atoms with Crippen LogP contribution in [-0.4, -0.2) is 55.8 Å². The van der Waals surface area contributed by atoms with Crippen molar-refractivity contribution in [1.29, 1.82) is 0 Å². The molecule has 0 saturated carbocycles. The third-order valence-corrected chi connectivity index (χ3v) is 7.36. The fourth-order valence-corrected chi connectivity index (χ4v) is 5.41. The molecule has 2 amide bonds. The molecule has 2 aliphatic rings. The lowest BCUT2D eigenvalue weighted by Gasteiger charge is -2.32. The molecule has 1 atom stereocenters. The number of amides is 2. The quantitative estimate of drug-likeness (QED) is 0.450. The molecular weight excluding hydrogens is 492 g/mol. The van der Waals surface area contributed by atoms with Crippen molar-refractivity contribution >= 4 is 17.5 Å². The van der Waals surface area contributed by atoms with E-state index in [2.05, 4.69) is 5.10 Å². The van der Waals surface area contributed by atoms with Crippen LogP contribution >= 0.6 is 0 Å². The van der Waals surface area contributed by atoms with E-state index in [9.17, 15) is 23.2 Å². The van der Waals surface area contributed by atoms with Crippen LogP contribution in [0.2, 0.25) is 0 Å². The van der Waals surface area contributed by atoms with Gasteiger partial charge in [-0.2, -0.15) is 0 Å². The number of nitrogens with one attached hydrogen (secondary N) is 1. The highest BCUT2D eigenvalue weighted by molar-refractivity contribution is 5.94. The summed E-state index contributed by atoms with van der Waals surface area (Å²) in [4.78, 5) is 47.2. The second-order valence-electron chi connectivity index (χ2n) is 9.84. The van der Waals surface area contributed by atoms with Crippen molar-refractivity contribution in [2.45, 2.75) is 31.7 Å². The van der Waals surface area contributed by atoms with Crippen LogP contribution in [0.3, 0.4) is 0 Å². The Morgan fingerprint density at radius 3 is 2.29 bits per heavy atom. The van der Waals surface area contributed by atoms with Gasteiger partial charge in [-0.15, -0.1) is 0 Å². The first kappa shape index (κ1) is 24.0. The van der Waals surface area contributed by atoms with E-state index in [0.717, 1.165) is 18.5 Å². The van der Waals surface area contributed by atoms with Gasteiger partial charge in [0.15, 0.2) is 5.65 Å². The minimum atomic E-state index is -0.491. The number of rotatable bonds is 3. The van der Waals surface area contributed by atoms with Crippen LogP contribution in [-0.2, 0) is 13.0 Å². The van der Waals surface area contributed by atoms with Crippen molar-refractivity contribution < 1.29 is 18.4 Å². The van der Waals surface area contributed by atoms with Gasteiger partial charge in [-0.05, 0) is 49.2 Å². The Hall–Kier alpha value is -4.34. The number of nitrogens with zero attached hydrogens (tertiary/aromatic N) is 4. The first-order chi connectivity index (χ1) is 18.4. The Bertz CT molecular complexity index is 1630. The van der Waals surface area contributed by atoms with Gasteiger partial charge in [-0.1, -0.05) is 12.1 Å². The molecule has 4 heterocycles. The third-order valence-electron chi connectivity index (χ3n) is 7.36. The van der Waals surface area contributed by atoms with Crippen LogP contribution in [0.15, 0.2) is 59.4 Å². The van der Waals surface area contributed by atoms with Crippen molar-refractivity contribution in [2.24, 2.45) is 0 Å². The van der Waals surface area contributed by atoms with Crippen molar-refractivity contribution in [3.8, 4) is 0 Å². The first-order valence-corrected chi connectivity index (χ1v) is 12.6. The number of carbonyl (C=O) groups excluding carboxylic acids is 2. The van der Waals surface area contributed by atoms with Gasteiger partial charge < -0.3 is 9.80 Å². The molecule has 10 heteroatoms. The van der Waals surface area contributed by atoms with E-state index in [-0.39, 0.29) is 35.4 Å². The first-order valence-electron chi connectivity index (χ1n) is 12.6. The van der Waals surface area contributed by atoms with E-state index in [1.54, 1.807) is 17.0 Å². The fraction of sp³-hybridized carbons (Fsp3) is 0.286. The molecule has 1 fully saturated rings. The van der Waals surface area contributed by atoms with E-state index in [4.69, 9.17) is 4.98 Å². The molecule has 2 aromatic heterocycles. The average Bonchev–Trinajstić information content (AvgIpc) is 3.37. The number of benzene rings is 2. The molecule has 2 aromatic carbocycles. The minimum absolute atomic E-state index is 0.0366. The molecule has 2 aliphatic heterocycles. The molecule has 6 rings (SSSR count). The number of hydrogen-bond acceptors (Lipinski definition) is 4. The van der Waals surface area contributed by atoms with E-state index in [1.165, 1.54) is 45.8 Å². The molecular formula is C28H25F2N5O3. The summed E-state index contributed by atoms with van der Waals surface area (Å²) in [7, 11) is 0. The number of carbonyl (C=O) groups is 2. The standard InChI is InChI=1S/C28H25F2N5O3/c29-20-7-1-4-17(12-20)26(36)33-10-3-6-19(15-33)24-14-25-31-23-9-11-34(16-22(23)28(38)35(25)32-24)27(37)18-5-2-8-21(30)13-18/h1-2,4-5,7-8,12-14,19,32H,3,6,9-11,15-16H2. The van der Waals surface area contributed by atoms with Crippen molar-refractivity contribution in [3.05, 3.63) is 105 Å². The highest BCUT2D eigenvalue weighted by atomic mass is 19.1. The molecule has 1 unspecified atom stereocenters. The molecule has 4 aromatic rings. The highest BCUT2D eigenvalue weighted by Crippen LogP contribution is 2.28. The maximum atomic E-state index is 13.6. The lowest BCUT2D eigenvalue weighted by atomic mass is 9.94. The van der Waals surface area contributed by atoms with Gasteiger partial charge in [0.05, 0.1) is 17.8 Å². The molecule has 38 heavy (non-hydrogen) atoms. The van der Waals surface area contributed by atoms with Crippen LogP contribution in [0, 0.1) is 11.6 Å². The molecule has 0 bridgehead atoms. The summed E-state index contributed by atoms with van der Waals surface area (Å²) in [6, 6.07) is 13.0. The second-order valence-corrected chi connectivity index (χ2v) is 9.84. The minimum Gasteiger partial charge on any atom is -0.338 e. The lowest BCUT2D eigenvalue weighted by molar-refractivity contribution is 0.0703. The zero-order valence-electron chi connectivity index (χ0n) is 20.5. The van der Waals surface area contributed by atoms with Crippen molar-refractivity contribution in [1.82, 2.24) is 24.4 Å².